The van der Waals surface area contributed by atoms with E-state index in [1.807, 2.05) is 0 Å². The maximum Gasteiger partial charge on any atom is 0.217 e. The first-order valence-electron chi connectivity index (χ1n) is 19.4. The Bertz CT molecular complexity index is 1420. The number of hydrogen-bond donors (Lipinski definition) is 16. The predicted octanol–water partition coefficient (Wildman–Crippen LogP) is -10.6. The molecule has 1 unspecified atom stereocenters. The van der Waals surface area contributed by atoms with Gasteiger partial charge in [0.05, 0.1) is 32.5 Å². The molecular weight excluding hydrogens is 836 g/mol. The molecule has 0 bridgehead atoms. The molecule has 0 aromatic rings. The second kappa shape index (κ2) is 21.3. The Balaban J connectivity index is 1.44. The number of rotatable bonds is 14. The van der Waals surface area contributed by atoms with Crippen LogP contribution in [0.4, 0.5) is 0 Å². The van der Waals surface area contributed by atoms with E-state index in [0.29, 0.717) is 0 Å². The first-order chi connectivity index (χ1) is 28.7. The minimum absolute atomic E-state index is 0.740. The van der Waals surface area contributed by atoms with Gasteiger partial charge in [0, 0.05) is 13.8 Å². The number of hydrogen-bond acceptors (Lipinski definition) is 25. The quantitative estimate of drug-likeness (QED) is 0.0770. The van der Waals surface area contributed by atoms with Gasteiger partial charge in [0.25, 0.3) is 0 Å². The van der Waals surface area contributed by atoms with Crippen LogP contribution in [-0.4, -0.2) is 263 Å². The highest BCUT2D eigenvalue weighted by Gasteiger charge is 2.56. The Kier molecular flexibility index (Phi) is 17.5. The standard InChI is InChI=1S/C34H58N2O25/c1-8-17(42)21(46)24(49)32(54-8)61-29-16(36-10(3)41)31(58-13(6-39)27(29)59-33-25(50)22(47)18(43)11(4-37)56-33)53-7-14-20(45)28(15(30(52)55-14)35-9(2)40)60-34-26(51)23(48)19(44)12(5-38)57-34/h8,11-34,37-39,42-52H,4-7H2,1-3H3,(H,35,40)(H,36,41)/t8-,11+,12+,13+,14+,15+,16+,17+,18-,19-,20-,21+,22-,23-,24-,25+,26+,27+,28+,29+,30?,31+,32-,33-,34-/m0/s1. The summed E-state index contributed by atoms with van der Waals surface area (Å²) in [4.78, 5) is 24.8. The molecule has 2 amide bonds. The molecule has 5 rings (SSSR count). The maximum atomic E-state index is 12.7. The SMILES string of the molecule is CC(=O)N[C@H]1[C@H](OC[C@H]2OC(O)[C@H](NC(C)=O)[C@@H](O[C@@H]3O[C@H](CO)[C@H](O)[C@H](O)[C@H]3O)[C@H]2O)O[C@H](CO)[C@@H](O[C@@H]2O[C@H](CO)[C@H](O)[C@H](O)[C@H]2O)[C@@H]1O[C@@H]1O[C@@H](C)[C@@H](O)[C@@H](O)[C@@H]1O. The number of aliphatic hydroxyl groups is 14. The van der Waals surface area contributed by atoms with Crippen molar-refractivity contribution in [1.82, 2.24) is 10.6 Å². The first kappa shape index (κ1) is 50.0. The molecule has 354 valence electrons. The zero-order valence-electron chi connectivity index (χ0n) is 33.0. The molecule has 0 aliphatic carbocycles. The van der Waals surface area contributed by atoms with Crippen molar-refractivity contribution in [3.63, 3.8) is 0 Å². The molecule has 5 aliphatic rings. The van der Waals surface area contributed by atoms with Gasteiger partial charge >= 0.3 is 0 Å². The average molecular weight is 895 g/mol. The van der Waals surface area contributed by atoms with Gasteiger partial charge in [0.1, 0.15) is 116 Å². The highest BCUT2D eigenvalue weighted by molar-refractivity contribution is 5.73. The highest BCUT2D eigenvalue weighted by Crippen LogP contribution is 2.35. The van der Waals surface area contributed by atoms with Gasteiger partial charge in [-0.15, -0.1) is 0 Å². The van der Waals surface area contributed by atoms with Gasteiger partial charge in [-0.05, 0) is 6.92 Å². The van der Waals surface area contributed by atoms with Crippen molar-refractivity contribution in [2.24, 2.45) is 0 Å². The van der Waals surface area contributed by atoms with Gasteiger partial charge < -0.3 is 125 Å². The van der Waals surface area contributed by atoms with Crippen molar-refractivity contribution in [2.75, 3.05) is 26.4 Å². The van der Waals surface area contributed by atoms with Crippen molar-refractivity contribution in [3.8, 4) is 0 Å². The van der Waals surface area contributed by atoms with Crippen molar-refractivity contribution < 1.29 is 124 Å². The number of carbonyl (C=O) groups is 2. The van der Waals surface area contributed by atoms with E-state index in [1.165, 1.54) is 6.92 Å². The van der Waals surface area contributed by atoms with E-state index >= 15 is 0 Å². The zero-order chi connectivity index (χ0) is 45.2. The lowest BCUT2D eigenvalue weighted by Crippen LogP contribution is -2.70. The van der Waals surface area contributed by atoms with Crippen LogP contribution in [0.3, 0.4) is 0 Å². The molecule has 5 aliphatic heterocycles. The topological polar surface area (TPSA) is 424 Å². The Morgan fingerprint density at radius 1 is 0.459 bits per heavy atom. The lowest BCUT2D eigenvalue weighted by atomic mass is 9.94. The third-order valence-electron chi connectivity index (χ3n) is 11.1. The van der Waals surface area contributed by atoms with Crippen molar-refractivity contribution in [3.05, 3.63) is 0 Å². The number of ether oxygens (including phenoxy) is 9. The van der Waals surface area contributed by atoms with Crippen LogP contribution >= 0.6 is 0 Å². The van der Waals surface area contributed by atoms with E-state index in [0.717, 1.165) is 13.8 Å². The molecule has 0 saturated carbocycles. The molecule has 61 heavy (non-hydrogen) atoms. The van der Waals surface area contributed by atoms with Crippen LogP contribution in [0.25, 0.3) is 0 Å². The average Bonchev–Trinajstić information content (AvgIpc) is 3.22. The van der Waals surface area contributed by atoms with E-state index in [2.05, 4.69) is 10.6 Å². The minimum atomic E-state index is -2.00. The monoisotopic (exact) mass is 894 g/mol. The summed E-state index contributed by atoms with van der Waals surface area (Å²) in [6.07, 6.45) is -40.6. The summed E-state index contributed by atoms with van der Waals surface area (Å²) < 4.78 is 51.8. The first-order valence-corrected chi connectivity index (χ1v) is 19.4. The van der Waals surface area contributed by atoms with Crippen LogP contribution in [0, 0.1) is 0 Å². The van der Waals surface area contributed by atoms with E-state index < -0.39 is 192 Å². The van der Waals surface area contributed by atoms with Gasteiger partial charge in [-0.3, -0.25) is 9.59 Å². The van der Waals surface area contributed by atoms with Gasteiger partial charge in [0.2, 0.25) is 11.8 Å². The smallest absolute Gasteiger partial charge is 0.217 e. The van der Waals surface area contributed by atoms with Gasteiger partial charge in [0.15, 0.2) is 31.5 Å². The molecule has 16 N–H and O–H groups in total. The fraction of sp³-hybridized carbons (Fsp3) is 0.941. The Labute approximate surface area is 346 Å². The van der Waals surface area contributed by atoms with E-state index in [9.17, 15) is 81.1 Å². The molecule has 5 saturated heterocycles. The fourth-order valence-corrected chi connectivity index (χ4v) is 7.67. The van der Waals surface area contributed by atoms with Gasteiger partial charge in [-0.2, -0.15) is 0 Å². The lowest BCUT2D eigenvalue weighted by Gasteiger charge is -2.50. The lowest BCUT2D eigenvalue weighted by molar-refractivity contribution is -0.376. The molecule has 5 heterocycles. The van der Waals surface area contributed by atoms with Crippen LogP contribution in [0.1, 0.15) is 20.8 Å². The van der Waals surface area contributed by atoms with Crippen molar-refractivity contribution in [1.29, 1.82) is 0 Å². The molecule has 0 spiro atoms. The third-order valence-corrected chi connectivity index (χ3v) is 11.1. The van der Waals surface area contributed by atoms with E-state index in [4.69, 9.17) is 42.6 Å². The summed E-state index contributed by atoms with van der Waals surface area (Å²) in [6, 6.07) is -3.20. The summed E-state index contributed by atoms with van der Waals surface area (Å²) in [5.41, 5.74) is 0. The predicted molar refractivity (Wildman–Crippen MR) is 188 cm³/mol. The van der Waals surface area contributed by atoms with Crippen LogP contribution < -0.4 is 10.6 Å². The van der Waals surface area contributed by atoms with E-state index in [1.54, 1.807) is 0 Å². The number of nitrogens with one attached hydrogen (secondary N) is 2. The second-order valence-corrected chi connectivity index (χ2v) is 15.4. The van der Waals surface area contributed by atoms with E-state index in [-0.39, 0.29) is 0 Å². The van der Waals surface area contributed by atoms with Crippen molar-refractivity contribution >= 4 is 11.8 Å². The number of aliphatic hydroxyl groups excluding tert-OH is 14. The highest BCUT2D eigenvalue weighted by atomic mass is 16.8. The normalized spacial score (nSPS) is 49.6. The van der Waals surface area contributed by atoms with Gasteiger partial charge in [-0.1, -0.05) is 0 Å². The number of carbonyl (C=O) groups excluding carboxylic acids is 2. The Morgan fingerprint density at radius 2 is 0.885 bits per heavy atom. The summed E-state index contributed by atoms with van der Waals surface area (Å²) >= 11 is 0. The molecule has 0 radical (unpaired) electrons. The maximum absolute atomic E-state index is 12.7. The zero-order valence-corrected chi connectivity index (χ0v) is 33.0. The number of amides is 2. The van der Waals surface area contributed by atoms with Crippen LogP contribution in [0.5, 0.6) is 0 Å². The fourth-order valence-electron chi connectivity index (χ4n) is 7.67. The molecule has 25 atom stereocenters. The molecule has 27 nitrogen and oxygen atoms in total. The Morgan fingerprint density at radius 3 is 1.38 bits per heavy atom. The summed E-state index contributed by atoms with van der Waals surface area (Å²) in [6.45, 7) is -0.000395. The van der Waals surface area contributed by atoms with Crippen LogP contribution in [-0.2, 0) is 52.2 Å². The molecule has 27 heteroatoms. The largest absolute Gasteiger partial charge is 0.394 e. The van der Waals surface area contributed by atoms with Crippen LogP contribution in [0.2, 0.25) is 0 Å². The second-order valence-electron chi connectivity index (χ2n) is 15.4. The summed E-state index contributed by atoms with van der Waals surface area (Å²) in [5, 5.41) is 152. The van der Waals surface area contributed by atoms with Crippen LogP contribution in [0.15, 0.2) is 0 Å². The van der Waals surface area contributed by atoms with Gasteiger partial charge in [-0.25, -0.2) is 0 Å². The molecule has 0 aromatic carbocycles. The summed E-state index contributed by atoms with van der Waals surface area (Å²) in [7, 11) is 0. The molecule has 5 fully saturated rings. The molecular formula is C34H58N2O25. The third kappa shape index (κ3) is 10.9. The van der Waals surface area contributed by atoms with Crippen molar-refractivity contribution in [2.45, 2.75) is 174 Å². The minimum Gasteiger partial charge on any atom is -0.394 e. The Hall–Kier alpha value is -1.98. The summed E-state index contributed by atoms with van der Waals surface area (Å²) in [5.74, 6) is -1.52. The molecule has 0 aromatic heterocycles.